The zero-order valence-corrected chi connectivity index (χ0v) is 15.3. The van der Waals surface area contributed by atoms with E-state index >= 15 is 0 Å². The van der Waals surface area contributed by atoms with E-state index in [9.17, 15) is 8.42 Å². The number of nitrogens with zero attached hydrogens (tertiary/aromatic N) is 5. The van der Waals surface area contributed by atoms with Gasteiger partial charge in [-0.05, 0) is 24.8 Å². The van der Waals surface area contributed by atoms with Gasteiger partial charge < -0.3 is 0 Å². The molecule has 132 valence electrons. The van der Waals surface area contributed by atoms with Crippen LogP contribution in [0.4, 0.5) is 0 Å². The van der Waals surface area contributed by atoms with Gasteiger partial charge in [0, 0.05) is 19.0 Å². The van der Waals surface area contributed by atoms with Crippen molar-refractivity contribution in [2.45, 2.75) is 25.2 Å². The SMILES string of the molecule is O=S(=O)(CCc1ccccc1)N1CCC(c2nn3cnnc3s2)CC1. The molecular formula is C16H19N5O2S2. The molecule has 0 atom stereocenters. The number of piperidine rings is 1. The first-order chi connectivity index (χ1) is 12.1. The van der Waals surface area contributed by atoms with Crippen molar-refractivity contribution in [2.75, 3.05) is 18.8 Å². The van der Waals surface area contributed by atoms with Crippen molar-refractivity contribution in [1.82, 2.24) is 24.1 Å². The highest BCUT2D eigenvalue weighted by atomic mass is 32.2. The normalized spacial score (nSPS) is 17.3. The number of fused-ring (bicyclic) bond motifs is 1. The first-order valence-electron chi connectivity index (χ1n) is 8.30. The van der Waals surface area contributed by atoms with Gasteiger partial charge in [0.25, 0.3) is 0 Å². The molecule has 0 unspecified atom stereocenters. The molecule has 1 aliphatic rings. The largest absolute Gasteiger partial charge is 0.234 e. The van der Waals surface area contributed by atoms with Crippen molar-refractivity contribution in [2.24, 2.45) is 0 Å². The summed E-state index contributed by atoms with van der Waals surface area (Å²) in [5, 5.41) is 13.3. The molecule has 0 radical (unpaired) electrons. The lowest BCUT2D eigenvalue weighted by atomic mass is 9.99. The minimum absolute atomic E-state index is 0.165. The molecule has 9 heteroatoms. The Kier molecular flexibility index (Phi) is 4.53. The van der Waals surface area contributed by atoms with Crippen molar-refractivity contribution >= 4 is 26.3 Å². The van der Waals surface area contributed by atoms with E-state index in [1.54, 1.807) is 15.1 Å². The fourth-order valence-electron chi connectivity index (χ4n) is 3.14. The van der Waals surface area contributed by atoms with E-state index in [1.165, 1.54) is 11.3 Å². The third-order valence-electron chi connectivity index (χ3n) is 4.59. The van der Waals surface area contributed by atoms with Crippen LogP contribution in [-0.2, 0) is 16.4 Å². The van der Waals surface area contributed by atoms with Crippen LogP contribution in [0.25, 0.3) is 4.96 Å². The summed E-state index contributed by atoms with van der Waals surface area (Å²) in [6.45, 7) is 1.11. The second-order valence-electron chi connectivity index (χ2n) is 6.22. The molecule has 0 saturated carbocycles. The van der Waals surface area contributed by atoms with Crippen molar-refractivity contribution in [1.29, 1.82) is 0 Å². The monoisotopic (exact) mass is 377 g/mol. The van der Waals surface area contributed by atoms with E-state index in [4.69, 9.17) is 0 Å². The Balaban J connectivity index is 1.36. The van der Waals surface area contributed by atoms with E-state index in [0.29, 0.717) is 25.4 Å². The number of aromatic nitrogens is 4. The maximum Gasteiger partial charge on any atom is 0.234 e. The number of sulfonamides is 1. The molecule has 0 aliphatic carbocycles. The summed E-state index contributed by atoms with van der Waals surface area (Å²) in [4.78, 5) is 0.785. The van der Waals surface area contributed by atoms with Crippen LogP contribution < -0.4 is 0 Å². The maximum atomic E-state index is 12.6. The Morgan fingerprint density at radius 1 is 1.16 bits per heavy atom. The van der Waals surface area contributed by atoms with Crippen molar-refractivity contribution in [3.63, 3.8) is 0 Å². The lowest BCUT2D eigenvalue weighted by Gasteiger charge is -2.30. The predicted octanol–water partition coefficient (Wildman–Crippen LogP) is 1.94. The molecule has 0 spiro atoms. The van der Waals surface area contributed by atoms with Gasteiger partial charge in [-0.2, -0.15) is 9.61 Å². The average Bonchev–Trinajstić information content (AvgIpc) is 3.23. The Morgan fingerprint density at radius 3 is 2.64 bits per heavy atom. The summed E-state index contributed by atoms with van der Waals surface area (Å²) in [6.07, 6.45) is 3.75. The molecule has 1 aliphatic heterocycles. The van der Waals surface area contributed by atoms with Gasteiger partial charge in [-0.25, -0.2) is 12.7 Å². The quantitative estimate of drug-likeness (QED) is 0.679. The van der Waals surface area contributed by atoms with Gasteiger partial charge in [-0.3, -0.25) is 0 Å². The topological polar surface area (TPSA) is 80.5 Å². The molecule has 0 bridgehead atoms. The highest BCUT2D eigenvalue weighted by Gasteiger charge is 2.30. The minimum atomic E-state index is -3.21. The predicted molar refractivity (Wildman–Crippen MR) is 96.1 cm³/mol. The molecular weight excluding hydrogens is 358 g/mol. The van der Waals surface area contributed by atoms with E-state index in [0.717, 1.165) is 28.4 Å². The van der Waals surface area contributed by atoms with Gasteiger partial charge in [0.2, 0.25) is 15.0 Å². The molecule has 0 amide bonds. The lowest BCUT2D eigenvalue weighted by Crippen LogP contribution is -2.39. The molecule has 0 N–H and O–H groups in total. The molecule has 3 aromatic rings. The standard InChI is InChI=1S/C16H19N5O2S2/c22-25(23,11-8-13-4-2-1-3-5-13)20-9-6-14(7-10-20)15-19-21-12-17-18-16(21)24-15/h1-5,12,14H,6-11H2. The van der Waals surface area contributed by atoms with Crippen molar-refractivity contribution in [3.8, 4) is 0 Å². The number of benzene rings is 1. The highest BCUT2D eigenvalue weighted by Crippen LogP contribution is 2.31. The fourth-order valence-corrected chi connectivity index (χ4v) is 5.65. The summed E-state index contributed by atoms with van der Waals surface area (Å²) < 4.78 is 28.5. The molecule has 2 aromatic heterocycles. The molecule has 1 saturated heterocycles. The second kappa shape index (κ2) is 6.81. The molecule has 1 fully saturated rings. The van der Waals surface area contributed by atoms with Gasteiger partial charge in [0.15, 0.2) is 0 Å². The van der Waals surface area contributed by atoms with Crippen LogP contribution in [0, 0.1) is 0 Å². The fraction of sp³-hybridized carbons (Fsp3) is 0.438. The van der Waals surface area contributed by atoms with Crippen molar-refractivity contribution in [3.05, 3.63) is 47.2 Å². The Morgan fingerprint density at radius 2 is 1.92 bits per heavy atom. The third-order valence-corrected chi connectivity index (χ3v) is 7.54. The number of hydrogen-bond acceptors (Lipinski definition) is 6. The third kappa shape index (κ3) is 3.58. The smallest absolute Gasteiger partial charge is 0.212 e. The van der Waals surface area contributed by atoms with E-state index in [1.807, 2.05) is 30.3 Å². The molecule has 3 heterocycles. The van der Waals surface area contributed by atoms with Crippen LogP contribution in [0.2, 0.25) is 0 Å². The van der Waals surface area contributed by atoms with E-state index < -0.39 is 10.0 Å². The van der Waals surface area contributed by atoms with Crippen LogP contribution in [0.3, 0.4) is 0 Å². The summed E-state index contributed by atoms with van der Waals surface area (Å²) >= 11 is 1.54. The van der Waals surface area contributed by atoms with E-state index in [-0.39, 0.29) is 5.75 Å². The Labute approximate surface area is 150 Å². The van der Waals surface area contributed by atoms with Crippen molar-refractivity contribution < 1.29 is 8.42 Å². The van der Waals surface area contributed by atoms with Gasteiger partial charge in [0.05, 0.1) is 5.75 Å². The van der Waals surface area contributed by atoms with E-state index in [2.05, 4.69) is 15.3 Å². The first-order valence-corrected chi connectivity index (χ1v) is 10.7. The minimum Gasteiger partial charge on any atom is -0.212 e. The summed E-state index contributed by atoms with van der Waals surface area (Å²) in [6, 6.07) is 9.75. The van der Waals surface area contributed by atoms with Crippen LogP contribution >= 0.6 is 11.3 Å². The maximum absolute atomic E-state index is 12.6. The van der Waals surface area contributed by atoms with Crippen LogP contribution in [0.1, 0.15) is 29.3 Å². The summed E-state index contributed by atoms with van der Waals surface area (Å²) in [5.41, 5.74) is 1.06. The molecule has 25 heavy (non-hydrogen) atoms. The number of aryl methyl sites for hydroxylation is 1. The number of rotatable bonds is 5. The van der Waals surface area contributed by atoms with Crippen LogP contribution in [0.5, 0.6) is 0 Å². The summed E-state index contributed by atoms with van der Waals surface area (Å²) in [5.74, 6) is 0.464. The molecule has 1 aromatic carbocycles. The first kappa shape index (κ1) is 16.6. The summed E-state index contributed by atoms with van der Waals surface area (Å²) in [7, 11) is -3.21. The van der Waals surface area contributed by atoms with Crippen LogP contribution in [0.15, 0.2) is 36.7 Å². The van der Waals surface area contributed by atoms with Gasteiger partial charge in [-0.15, -0.1) is 10.2 Å². The molecule has 4 rings (SSSR count). The van der Waals surface area contributed by atoms with Gasteiger partial charge in [0.1, 0.15) is 11.3 Å². The molecule has 7 nitrogen and oxygen atoms in total. The van der Waals surface area contributed by atoms with Gasteiger partial charge >= 0.3 is 0 Å². The Bertz CT molecular complexity index is 915. The highest BCUT2D eigenvalue weighted by molar-refractivity contribution is 7.89. The van der Waals surface area contributed by atoms with Gasteiger partial charge in [-0.1, -0.05) is 41.7 Å². The number of hydrogen-bond donors (Lipinski definition) is 0. The Hall–Kier alpha value is -1.84. The zero-order valence-electron chi connectivity index (χ0n) is 13.7. The average molecular weight is 377 g/mol. The lowest BCUT2D eigenvalue weighted by molar-refractivity contribution is 0.318. The zero-order chi connectivity index (χ0) is 17.3. The second-order valence-corrected chi connectivity index (χ2v) is 9.30. The van der Waals surface area contributed by atoms with Crippen LogP contribution in [-0.4, -0.2) is 51.4 Å².